The molecule has 0 bridgehead atoms. The van der Waals surface area contributed by atoms with E-state index in [4.69, 9.17) is 15.8 Å². The lowest BCUT2D eigenvalue weighted by Crippen LogP contribution is -2.35. The van der Waals surface area contributed by atoms with Crippen molar-refractivity contribution in [3.63, 3.8) is 0 Å². The molecular weight excluding hydrogens is 360 g/mol. The molecule has 0 atom stereocenters. The van der Waals surface area contributed by atoms with Gasteiger partial charge in [-0.05, 0) is 85.0 Å². The van der Waals surface area contributed by atoms with Gasteiger partial charge in [-0.3, -0.25) is 15.8 Å². The summed E-state index contributed by atoms with van der Waals surface area (Å²) in [6.45, 7) is 21.6. The Morgan fingerprint density at radius 3 is 1.29 bits per heavy atom. The Bertz CT molecular complexity index is 385. The van der Waals surface area contributed by atoms with Crippen molar-refractivity contribution in [3.05, 3.63) is 0 Å². The van der Waals surface area contributed by atoms with Gasteiger partial charge < -0.3 is 0 Å². The molecule has 0 aromatic carbocycles. The van der Waals surface area contributed by atoms with E-state index in [1.807, 2.05) is 27.7 Å². The maximum atomic E-state index is 8.71. The molecule has 1 fully saturated rings. The molecule has 0 amide bonds. The van der Waals surface area contributed by atoms with Crippen molar-refractivity contribution in [2.75, 3.05) is 0 Å². The average Bonchev–Trinajstić information content (AvgIpc) is 2.54. The topological polar surface area (TPSA) is 88.4 Å². The fourth-order valence-corrected chi connectivity index (χ4v) is 3.34. The summed E-state index contributed by atoms with van der Waals surface area (Å²) < 4.78 is 0. The Morgan fingerprint density at radius 1 is 0.679 bits per heavy atom. The van der Waals surface area contributed by atoms with Crippen LogP contribution in [0.15, 0.2) is 0 Å². The second-order valence-corrected chi connectivity index (χ2v) is 11.4. The van der Waals surface area contributed by atoms with Gasteiger partial charge in [-0.15, -0.1) is 0 Å². The Balaban J connectivity index is 0. The van der Waals surface area contributed by atoms with Crippen LogP contribution in [0.25, 0.3) is 0 Å². The van der Waals surface area contributed by atoms with Crippen LogP contribution in [0.1, 0.15) is 108 Å². The van der Waals surface area contributed by atoms with Crippen LogP contribution in [-0.2, 0) is 14.7 Å². The van der Waals surface area contributed by atoms with Crippen molar-refractivity contribution < 1.29 is 30.4 Å². The van der Waals surface area contributed by atoms with E-state index in [2.05, 4.69) is 42.4 Å². The van der Waals surface area contributed by atoms with Gasteiger partial charge in [0.05, 0.1) is 11.2 Å². The second-order valence-electron chi connectivity index (χ2n) is 11.4. The fourth-order valence-electron chi connectivity index (χ4n) is 3.34. The molecule has 0 aromatic rings. The van der Waals surface area contributed by atoms with Crippen LogP contribution >= 0.6 is 0 Å². The number of hydrogen-bond donors (Lipinski definition) is 3. The molecule has 1 saturated carbocycles. The zero-order valence-corrected chi connectivity index (χ0v) is 20.3. The van der Waals surface area contributed by atoms with Crippen LogP contribution < -0.4 is 0 Å². The summed E-state index contributed by atoms with van der Waals surface area (Å²) in [7, 11) is 0. The Hall–Kier alpha value is -0.240. The van der Waals surface area contributed by atoms with Gasteiger partial charge >= 0.3 is 0 Å². The predicted octanol–water partition coefficient (Wildman–Crippen LogP) is 7.05. The third-order valence-electron chi connectivity index (χ3n) is 4.71. The van der Waals surface area contributed by atoms with Crippen LogP contribution in [0.4, 0.5) is 0 Å². The molecule has 172 valence electrons. The SMILES string of the molecule is CC(C)(C)CC(C)(C)OO.CC(C)(C)OO.CC1CCC(C(C)(C)OO)CC1. The van der Waals surface area contributed by atoms with Crippen LogP contribution in [-0.4, -0.2) is 32.6 Å². The van der Waals surface area contributed by atoms with E-state index in [0.717, 1.165) is 12.3 Å². The zero-order chi connectivity index (χ0) is 22.8. The summed E-state index contributed by atoms with van der Waals surface area (Å²) >= 11 is 0. The molecule has 1 rings (SSSR count). The highest BCUT2D eigenvalue weighted by atomic mass is 17.1. The molecular formula is C22H48O6. The van der Waals surface area contributed by atoms with Gasteiger partial charge in [0.1, 0.15) is 5.60 Å². The summed E-state index contributed by atoms with van der Waals surface area (Å²) in [6.07, 6.45) is 5.77. The lowest BCUT2D eigenvalue weighted by molar-refractivity contribution is -0.328. The van der Waals surface area contributed by atoms with Gasteiger partial charge in [-0.25, -0.2) is 14.7 Å². The molecule has 3 N–H and O–H groups in total. The molecule has 28 heavy (non-hydrogen) atoms. The summed E-state index contributed by atoms with van der Waals surface area (Å²) in [6, 6.07) is 0. The molecule has 6 nitrogen and oxygen atoms in total. The standard InChI is InChI=1S/C10H20O2.C8H18O2.C4H10O2/c1-8-4-6-9(7-5-8)10(2,3)12-11;1-7(2,3)6-8(4,5)10-9;1-4(2,3)6-5/h8-9,11H,4-7H2,1-3H3;9H,6H2,1-5H3;5H,1-3H3. The van der Waals surface area contributed by atoms with Gasteiger partial charge in [-0.2, -0.15) is 0 Å². The molecule has 0 heterocycles. The highest BCUT2D eigenvalue weighted by Crippen LogP contribution is 2.36. The first-order valence-corrected chi connectivity index (χ1v) is 10.4. The maximum absolute atomic E-state index is 8.71. The van der Waals surface area contributed by atoms with Crippen molar-refractivity contribution in [1.82, 2.24) is 0 Å². The van der Waals surface area contributed by atoms with Gasteiger partial charge in [0.15, 0.2) is 0 Å². The van der Waals surface area contributed by atoms with Gasteiger partial charge in [0, 0.05) is 0 Å². The molecule has 0 saturated heterocycles. The molecule has 0 spiro atoms. The van der Waals surface area contributed by atoms with Crippen LogP contribution in [0.3, 0.4) is 0 Å². The third kappa shape index (κ3) is 16.7. The van der Waals surface area contributed by atoms with Crippen LogP contribution in [0.2, 0.25) is 0 Å². The molecule has 1 aliphatic rings. The second kappa shape index (κ2) is 12.5. The summed E-state index contributed by atoms with van der Waals surface area (Å²) in [5, 5.41) is 25.1. The molecule has 0 radical (unpaired) electrons. The first-order chi connectivity index (χ1) is 12.4. The predicted molar refractivity (Wildman–Crippen MR) is 114 cm³/mol. The molecule has 6 heteroatoms. The Kier molecular flexibility index (Phi) is 13.3. The lowest BCUT2D eigenvalue weighted by atomic mass is 9.75. The van der Waals surface area contributed by atoms with E-state index in [1.165, 1.54) is 25.7 Å². The molecule has 1 aliphatic carbocycles. The number of rotatable bonds is 4. The number of hydrogen-bond acceptors (Lipinski definition) is 6. The normalized spacial score (nSPS) is 21.2. The monoisotopic (exact) mass is 408 g/mol. The van der Waals surface area contributed by atoms with Gasteiger partial charge in [-0.1, -0.05) is 40.5 Å². The first kappa shape index (κ1) is 30.0. The third-order valence-corrected chi connectivity index (χ3v) is 4.71. The van der Waals surface area contributed by atoms with Crippen molar-refractivity contribution in [1.29, 1.82) is 0 Å². The largest absolute Gasteiger partial charge is 0.251 e. The van der Waals surface area contributed by atoms with E-state index >= 15 is 0 Å². The fraction of sp³-hybridized carbons (Fsp3) is 1.00. The highest BCUT2D eigenvalue weighted by molar-refractivity contribution is 4.82. The van der Waals surface area contributed by atoms with E-state index in [9.17, 15) is 0 Å². The minimum Gasteiger partial charge on any atom is -0.251 e. The van der Waals surface area contributed by atoms with Crippen molar-refractivity contribution in [3.8, 4) is 0 Å². The zero-order valence-electron chi connectivity index (χ0n) is 20.3. The minimum atomic E-state index is -0.418. The Labute approximate surface area is 173 Å². The van der Waals surface area contributed by atoms with Gasteiger partial charge in [0.25, 0.3) is 0 Å². The van der Waals surface area contributed by atoms with E-state index in [0.29, 0.717) is 5.92 Å². The quantitative estimate of drug-likeness (QED) is 0.341. The van der Waals surface area contributed by atoms with Crippen molar-refractivity contribution in [2.45, 2.75) is 125 Å². The lowest BCUT2D eigenvalue weighted by Gasteiger charge is -2.35. The first-order valence-electron chi connectivity index (χ1n) is 10.4. The van der Waals surface area contributed by atoms with Crippen LogP contribution in [0, 0.1) is 17.3 Å². The molecule has 0 unspecified atom stereocenters. The van der Waals surface area contributed by atoms with Crippen molar-refractivity contribution in [2.24, 2.45) is 17.3 Å². The highest BCUT2D eigenvalue weighted by Gasteiger charge is 2.33. The average molecular weight is 409 g/mol. The Morgan fingerprint density at radius 2 is 1.07 bits per heavy atom. The summed E-state index contributed by atoms with van der Waals surface area (Å²) in [5.74, 6) is 1.38. The van der Waals surface area contributed by atoms with Crippen molar-refractivity contribution >= 4 is 0 Å². The summed E-state index contributed by atoms with van der Waals surface area (Å²) in [4.78, 5) is 12.8. The minimum absolute atomic E-state index is 0.201. The summed E-state index contributed by atoms with van der Waals surface area (Å²) in [5.41, 5.74) is -0.968. The van der Waals surface area contributed by atoms with E-state index in [1.54, 1.807) is 20.8 Å². The molecule has 0 aromatic heterocycles. The maximum Gasteiger partial charge on any atom is 0.100 e. The van der Waals surface area contributed by atoms with Gasteiger partial charge in [0.2, 0.25) is 0 Å². The molecule has 0 aliphatic heterocycles. The van der Waals surface area contributed by atoms with E-state index in [-0.39, 0.29) is 11.0 Å². The van der Waals surface area contributed by atoms with E-state index < -0.39 is 11.2 Å². The smallest absolute Gasteiger partial charge is 0.100 e. The van der Waals surface area contributed by atoms with Crippen LogP contribution in [0.5, 0.6) is 0 Å².